The normalized spacial score (nSPS) is 12.5. The van der Waals surface area contributed by atoms with Crippen molar-refractivity contribution in [2.45, 2.75) is 39.2 Å². The summed E-state index contributed by atoms with van der Waals surface area (Å²) in [7, 11) is 1.93. The van der Waals surface area contributed by atoms with Gasteiger partial charge in [-0.2, -0.15) is 5.10 Å². The molecule has 82 valence electrons. The molecule has 0 aliphatic rings. The highest BCUT2D eigenvalue weighted by molar-refractivity contribution is 5.24. The first kappa shape index (κ1) is 11.8. The van der Waals surface area contributed by atoms with Gasteiger partial charge in [0.05, 0.1) is 11.8 Å². The van der Waals surface area contributed by atoms with Crippen molar-refractivity contribution in [3.63, 3.8) is 0 Å². The smallest absolute Gasteiger partial charge is 0.0652 e. The molecule has 0 fully saturated rings. The highest BCUT2D eigenvalue weighted by atomic mass is 16.3. The van der Waals surface area contributed by atoms with Crippen molar-refractivity contribution in [2.75, 3.05) is 0 Å². The number of aliphatic hydroxyl groups is 1. The van der Waals surface area contributed by atoms with Crippen molar-refractivity contribution in [3.05, 3.63) is 17.0 Å². The van der Waals surface area contributed by atoms with E-state index in [1.165, 1.54) is 11.3 Å². The van der Waals surface area contributed by atoms with Gasteiger partial charge in [-0.1, -0.05) is 0 Å². The monoisotopic (exact) mass is 206 g/mol. The van der Waals surface area contributed by atoms with Gasteiger partial charge < -0.3 is 5.11 Å². The molecule has 0 aromatic carbocycles. The molecular formula is C12H18N2O. The van der Waals surface area contributed by atoms with E-state index in [9.17, 15) is 5.11 Å². The van der Waals surface area contributed by atoms with E-state index in [-0.39, 0.29) is 0 Å². The summed E-state index contributed by atoms with van der Waals surface area (Å²) in [5.41, 5.74) is 3.44. The van der Waals surface area contributed by atoms with E-state index < -0.39 is 6.10 Å². The molecule has 1 unspecified atom stereocenters. The molecule has 1 N–H and O–H groups in total. The van der Waals surface area contributed by atoms with Crippen LogP contribution in [0, 0.1) is 26.2 Å². The molecule has 3 nitrogen and oxygen atoms in total. The zero-order chi connectivity index (χ0) is 11.4. The Labute approximate surface area is 91.1 Å². The molecule has 0 aliphatic carbocycles. The summed E-state index contributed by atoms with van der Waals surface area (Å²) < 4.78 is 1.87. The molecule has 1 rings (SSSR count). The van der Waals surface area contributed by atoms with Gasteiger partial charge in [0.15, 0.2) is 0 Å². The second kappa shape index (κ2) is 4.99. The zero-order valence-corrected chi connectivity index (χ0v) is 9.62. The maximum Gasteiger partial charge on any atom is 0.0652 e. The topological polar surface area (TPSA) is 38.1 Å². The van der Waals surface area contributed by atoms with Crippen molar-refractivity contribution < 1.29 is 5.11 Å². The van der Waals surface area contributed by atoms with Gasteiger partial charge in [-0.05, 0) is 32.3 Å². The quantitative estimate of drug-likeness (QED) is 0.755. The molecule has 1 aromatic rings. The third kappa shape index (κ3) is 2.84. The van der Waals surface area contributed by atoms with Gasteiger partial charge in [0, 0.05) is 19.2 Å². The number of aryl methyl sites for hydroxylation is 2. The lowest BCUT2D eigenvalue weighted by Gasteiger charge is -2.06. The fourth-order valence-corrected chi connectivity index (χ4v) is 1.73. The molecular weight excluding hydrogens is 188 g/mol. The van der Waals surface area contributed by atoms with Crippen LogP contribution in [-0.4, -0.2) is 21.0 Å². The minimum atomic E-state index is -0.394. The van der Waals surface area contributed by atoms with Crippen molar-refractivity contribution in [3.8, 4) is 12.3 Å². The van der Waals surface area contributed by atoms with Crippen LogP contribution in [-0.2, 0) is 13.5 Å². The highest BCUT2D eigenvalue weighted by Crippen LogP contribution is 2.15. The number of nitrogens with zero attached hydrogens (tertiary/aromatic N) is 2. The molecule has 0 saturated carbocycles. The van der Waals surface area contributed by atoms with Crippen molar-refractivity contribution in [1.82, 2.24) is 9.78 Å². The van der Waals surface area contributed by atoms with E-state index in [0.717, 1.165) is 12.1 Å². The van der Waals surface area contributed by atoms with E-state index in [0.29, 0.717) is 12.8 Å². The van der Waals surface area contributed by atoms with E-state index >= 15 is 0 Å². The lowest BCUT2D eigenvalue weighted by atomic mass is 10.0. The maximum atomic E-state index is 9.53. The molecule has 1 heterocycles. The third-order valence-corrected chi connectivity index (χ3v) is 2.74. The first-order valence-electron chi connectivity index (χ1n) is 5.16. The van der Waals surface area contributed by atoms with Crippen LogP contribution in [0.1, 0.15) is 29.8 Å². The number of terminal acetylenes is 1. The predicted molar refractivity (Wildman–Crippen MR) is 60.5 cm³/mol. The molecule has 1 atom stereocenters. The second-order valence-electron chi connectivity index (χ2n) is 3.87. The number of aromatic nitrogens is 2. The first-order chi connectivity index (χ1) is 7.06. The van der Waals surface area contributed by atoms with E-state index in [1.54, 1.807) is 0 Å². The summed E-state index contributed by atoms with van der Waals surface area (Å²) in [6.07, 6.45) is 6.72. The van der Waals surface area contributed by atoms with E-state index in [1.807, 2.05) is 25.6 Å². The molecule has 0 radical (unpaired) electrons. The van der Waals surface area contributed by atoms with Crippen LogP contribution in [0.3, 0.4) is 0 Å². The van der Waals surface area contributed by atoms with Crippen LogP contribution in [0.4, 0.5) is 0 Å². The Hall–Kier alpha value is -1.27. The van der Waals surface area contributed by atoms with Gasteiger partial charge in [0.2, 0.25) is 0 Å². The summed E-state index contributed by atoms with van der Waals surface area (Å²) in [5.74, 6) is 2.47. The number of hydrogen-bond donors (Lipinski definition) is 1. The summed E-state index contributed by atoms with van der Waals surface area (Å²) in [5, 5.41) is 13.9. The number of rotatable bonds is 4. The Balaban J connectivity index is 2.62. The van der Waals surface area contributed by atoms with Crippen LogP contribution < -0.4 is 0 Å². The molecule has 3 heteroatoms. The Kier molecular flexibility index (Phi) is 3.93. The summed E-state index contributed by atoms with van der Waals surface area (Å²) in [4.78, 5) is 0. The van der Waals surface area contributed by atoms with Crippen LogP contribution in [0.2, 0.25) is 0 Å². The van der Waals surface area contributed by atoms with Gasteiger partial charge >= 0.3 is 0 Å². The molecule has 1 aromatic heterocycles. The number of aliphatic hydroxyl groups excluding tert-OH is 1. The molecule has 0 aliphatic heterocycles. The Morgan fingerprint density at radius 2 is 2.20 bits per heavy atom. The summed E-state index contributed by atoms with van der Waals surface area (Å²) in [6.45, 7) is 4.04. The lowest BCUT2D eigenvalue weighted by Crippen LogP contribution is -2.07. The SMILES string of the molecule is C#CCC(O)CCc1c(C)nn(C)c1C. The average Bonchev–Trinajstić information content (AvgIpc) is 2.40. The van der Waals surface area contributed by atoms with Gasteiger partial charge in [-0.25, -0.2) is 0 Å². The van der Waals surface area contributed by atoms with Crippen LogP contribution in [0.5, 0.6) is 0 Å². The fourth-order valence-electron chi connectivity index (χ4n) is 1.73. The minimum absolute atomic E-state index is 0.394. The molecule has 0 spiro atoms. The Morgan fingerprint density at radius 3 is 2.67 bits per heavy atom. The average molecular weight is 206 g/mol. The van der Waals surface area contributed by atoms with Crippen molar-refractivity contribution in [2.24, 2.45) is 7.05 Å². The zero-order valence-electron chi connectivity index (χ0n) is 9.62. The third-order valence-electron chi connectivity index (χ3n) is 2.74. The van der Waals surface area contributed by atoms with Gasteiger partial charge in [0.1, 0.15) is 0 Å². The number of hydrogen-bond acceptors (Lipinski definition) is 2. The Bertz CT molecular complexity index is 374. The predicted octanol–water partition coefficient (Wildman–Crippen LogP) is 1.35. The van der Waals surface area contributed by atoms with Gasteiger partial charge in [0.25, 0.3) is 0 Å². The maximum absolute atomic E-state index is 9.53. The summed E-state index contributed by atoms with van der Waals surface area (Å²) >= 11 is 0. The standard InChI is InChI=1S/C12H18N2O/c1-5-6-11(15)7-8-12-9(2)13-14(4)10(12)3/h1,11,15H,6-8H2,2-4H3. The second-order valence-corrected chi connectivity index (χ2v) is 3.87. The van der Waals surface area contributed by atoms with Gasteiger partial charge in [-0.3, -0.25) is 4.68 Å². The fraction of sp³-hybridized carbons (Fsp3) is 0.583. The summed E-state index contributed by atoms with van der Waals surface area (Å²) in [6, 6.07) is 0. The molecule has 0 saturated heterocycles. The molecule has 0 bridgehead atoms. The van der Waals surface area contributed by atoms with Gasteiger partial charge in [-0.15, -0.1) is 12.3 Å². The van der Waals surface area contributed by atoms with Crippen molar-refractivity contribution in [1.29, 1.82) is 0 Å². The largest absolute Gasteiger partial charge is 0.392 e. The van der Waals surface area contributed by atoms with E-state index in [4.69, 9.17) is 6.42 Å². The first-order valence-corrected chi connectivity index (χ1v) is 5.16. The molecule has 0 amide bonds. The minimum Gasteiger partial charge on any atom is -0.392 e. The van der Waals surface area contributed by atoms with Crippen LogP contribution in [0.15, 0.2) is 0 Å². The highest BCUT2D eigenvalue weighted by Gasteiger charge is 2.11. The van der Waals surface area contributed by atoms with Crippen LogP contribution in [0.25, 0.3) is 0 Å². The Morgan fingerprint density at radius 1 is 1.53 bits per heavy atom. The van der Waals surface area contributed by atoms with Crippen LogP contribution >= 0.6 is 0 Å². The molecule has 15 heavy (non-hydrogen) atoms. The lowest BCUT2D eigenvalue weighted by molar-refractivity contribution is 0.170. The van der Waals surface area contributed by atoms with E-state index in [2.05, 4.69) is 11.0 Å². The van der Waals surface area contributed by atoms with Crippen molar-refractivity contribution >= 4 is 0 Å².